The third kappa shape index (κ3) is 5.82. The van der Waals surface area contributed by atoms with E-state index in [1.807, 2.05) is 6.21 Å². The third-order valence-corrected chi connectivity index (χ3v) is 6.62. The summed E-state index contributed by atoms with van der Waals surface area (Å²) in [5, 5.41) is 1.09. The highest BCUT2D eigenvalue weighted by Crippen LogP contribution is 2.16. The summed E-state index contributed by atoms with van der Waals surface area (Å²) in [4.78, 5) is 4.68. The summed E-state index contributed by atoms with van der Waals surface area (Å²) >= 11 is -1.12. The monoisotopic (exact) mass is 370 g/mol. The maximum Gasteiger partial charge on any atom is 0.412 e. The van der Waals surface area contributed by atoms with Crippen LogP contribution < -0.4 is 4.30 Å². The van der Waals surface area contributed by atoms with Gasteiger partial charge in [-0.15, -0.1) is 0 Å². The Morgan fingerprint density at radius 2 is 1.63 bits per heavy atom. The van der Waals surface area contributed by atoms with Crippen LogP contribution in [0.5, 0.6) is 0 Å². The van der Waals surface area contributed by atoms with E-state index >= 15 is 0 Å². The fourth-order valence-electron chi connectivity index (χ4n) is 3.12. The molecule has 0 bridgehead atoms. The molecule has 0 saturated heterocycles. The second-order valence-corrected chi connectivity index (χ2v) is 9.59. The van der Waals surface area contributed by atoms with Crippen molar-refractivity contribution in [1.82, 2.24) is 0 Å². The Kier molecular flexibility index (Phi) is 6.87. The Hall–Kier alpha value is -2.34. The van der Waals surface area contributed by atoms with Gasteiger partial charge < -0.3 is 4.30 Å². The van der Waals surface area contributed by atoms with E-state index in [4.69, 9.17) is 0 Å². The van der Waals surface area contributed by atoms with Crippen LogP contribution in [0.15, 0.2) is 77.8 Å². The predicted molar refractivity (Wildman–Crippen MR) is 120 cm³/mol. The molecule has 0 amide bonds. The number of nitrogens with one attached hydrogen (secondary N) is 1. The van der Waals surface area contributed by atoms with Gasteiger partial charge in [-0.2, -0.15) is 0 Å². The Balaban J connectivity index is 1.69. The zero-order chi connectivity index (χ0) is 19.1. The molecule has 0 heterocycles. The molecule has 2 nitrogen and oxygen atoms in total. The van der Waals surface area contributed by atoms with Gasteiger partial charge in [0.2, 0.25) is 0 Å². The van der Waals surface area contributed by atoms with Crippen LogP contribution in [0.2, 0.25) is 5.79 Å². The molecule has 0 aliphatic rings. The zero-order valence-electron chi connectivity index (χ0n) is 16.4. The van der Waals surface area contributed by atoms with Gasteiger partial charge >= 0.3 is 14.4 Å². The highest BCUT2D eigenvalue weighted by molar-refractivity contribution is 6.60. The van der Waals surface area contributed by atoms with E-state index < -0.39 is 14.4 Å². The van der Waals surface area contributed by atoms with Crippen molar-refractivity contribution in [2.24, 2.45) is 4.99 Å². The maximum atomic E-state index is 4.68. The number of hydrogen-bond acceptors (Lipinski definition) is 2. The second-order valence-electron chi connectivity index (χ2n) is 7.09. The fourth-order valence-corrected chi connectivity index (χ4v) is 5.02. The van der Waals surface area contributed by atoms with E-state index in [-0.39, 0.29) is 0 Å². The molecule has 0 aromatic heterocycles. The smallest absolute Gasteiger partial charge is 0.412 e. The van der Waals surface area contributed by atoms with Crippen LogP contribution in [0.25, 0.3) is 0 Å². The second kappa shape index (κ2) is 9.56. The molecule has 0 saturated carbocycles. The normalized spacial score (nSPS) is 10.9. The van der Waals surface area contributed by atoms with Crippen molar-refractivity contribution in [3.05, 3.63) is 95.1 Å². The molecule has 0 atom stereocenters. The lowest BCUT2D eigenvalue weighted by Crippen LogP contribution is -2.24. The molecular formula is C24H27AlN2. The molecule has 3 aromatic rings. The quantitative estimate of drug-likeness (QED) is 0.393. The predicted octanol–water partition coefficient (Wildman–Crippen LogP) is 6.12. The summed E-state index contributed by atoms with van der Waals surface area (Å²) in [6, 6.07) is 25.7. The largest absolute Gasteiger partial charge is 0.476 e. The zero-order valence-corrected chi connectivity index (χ0v) is 17.6. The topological polar surface area (TPSA) is 24.4 Å². The van der Waals surface area contributed by atoms with Gasteiger partial charge in [0.15, 0.2) is 0 Å². The van der Waals surface area contributed by atoms with Crippen LogP contribution in [0.1, 0.15) is 29.2 Å². The van der Waals surface area contributed by atoms with Gasteiger partial charge in [0, 0.05) is 11.9 Å². The Bertz CT molecular complexity index is 883. The van der Waals surface area contributed by atoms with E-state index in [0.29, 0.717) is 0 Å². The van der Waals surface area contributed by atoms with E-state index in [2.05, 4.69) is 102 Å². The van der Waals surface area contributed by atoms with Crippen LogP contribution in [-0.4, -0.2) is 20.6 Å². The van der Waals surface area contributed by atoms with Gasteiger partial charge in [-0.1, -0.05) is 72.4 Å². The number of aliphatic imine (C=N–C) groups is 1. The van der Waals surface area contributed by atoms with Crippen molar-refractivity contribution in [1.29, 1.82) is 0 Å². The Morgan fingerprint density at radius 3 is 2.33 bits per heavy atom. The summed E-state index contributed by atoms with van der Waals surface area (Å²) < 4.78 is 3.73. The molecule has 27 heavy (non-hydrogen) atoms. The molecule has 0 unspecified atom stereocenters. The van der Waals surface area contributed by atoms with E-state index in [9.17, 15) is 0 Å². The van der Waals surface area contributed by atoms with Crippen LogP contribution >= 0.6 is 0 Å². The van der Waals surface area contributed by atoms with Crippen molar-refractivity contribution in [2.45, 2.75) is 31.3 Å². The lowest BCUT2D eigenvalue weighted by Gasteiger charge is -2.13. The molecule has 1 N–H and O–H groups in total. The Morgan fingerprint density at radius 1 is 0.926 bits per heavy atom. The number of nitrogens with zero attached hydrogens (tertiary/aromatic N) is 1. The fraction of sp³-hybridized carbons (Fsp3) is 0.208. The summed E-state index contributed by atoms with van der Waals surface area (Å²) in [5.74, 6) is 2.36. The maximum absolute atomic E-state index is 4.68. The van der Waals surface area contributed by atoms with Gasteiger partial charge in [-0.25, -0.2) is 0 Å². The van der Waals surface area contributed by atoms with Crippen molar-refractivity contribution >= 4 is 32.0 Å². The molecule has 3 heteroatoms. The molecule has 3 rings (SSSR count). The van der Waals surface area contributed by atoms with Gasteiger partial charge in [0.05, 0.1) is 5.69 Å². The highest BCUT2D eigenvalue weighted by Gasteiger charge is 2.14. The molecule has 0 aliphatic heterocycles. The molecule has 0 aliphatic carbocycles. The number of aryl methyl sites for hydroxylation is 2. The average Bonchev–Trinajstić information content (AvgIpc) is 2.69. The lowest BCUT2D eigenvalue weighted by atomic mass is 10.1. The summed E-state index contributed by atoms with van der Waals surface area (Å²) in [7, 11) is 0. The van der Waals surface area contributed by atoms with Crippen LogP contribution in [0.4, 0.5) is 11.4 Å². The van der Waals surface area contributed by atoms with Crippen LogP contribution in [-0.2, 0) is 11.7 Å². The summed E-state index contributed by atoms with van der Waals surface area (Å²) in [6.07, 6.45) is 3.06. The third-order valence-electron chi connectivity index (χ3n) is 4.74. The van der Waals surface area contributed by atoms with Crippen molar-refractivity contribution in [2.75, 3.05) is 4.30 Å². The first-order valence-corrected chi connectivity index (χ1v) is 12.2. The van der Waals surface area contributed by atoms with E-state index in [0.717, 1.165) is 17.4 Å². The minimum absolute atomic E-state index is 1.00. The molecular weight excluding hydrogens is 343 g/mol. The standard InChI is InChI=1S/C16H16N.C7H8N.CH3.Al/c1-3-14-8-10-16(11-9-14)17-12-15-7-5-4-6-13(15)2;1-6-2-4-7(8)5-3-6;;/h4-12H,2-3H2,1H3;2-5,8H,1H3;1H3;/q;-1;;+1. The minimum Gasteiger partial charge on any atom is -0.476 e. The van der Waals surface area contributed by atoms with Crippen molar-refractivity contribution in [3.63, 3.8) is 0 Å². The van der Waals surface area contributed by atoms with Crippen LogP contribution in [0.3, 0.4) is 0 Å². The summed E-state index contributed by atoms with van der Waals surface area (Å²) in [6.45, 7) is 4.29. The lowest BCUT2D eigenvalue weighted by molar-refractivity contribution is 1.14. The molecule has 0 spiro atoms. The highest BCUT2D eigenvalue weighted by atomic mass is 27.2. The van der Waals surface area contributed by atoms with E-state index in [1.54, 1.807) is 0 Å². The first-order valence-electron chi connectivity index (χ1n) is 9.68. The van der Waals surface area contributed by atoms with Crippen molar-refractivity contribution < 1.29 is 0 Å². The van der Waals surface area contributed by atoms with Gasteiger partial charge in [0.1, 0.15) is 0 Å². The van der Waals surface area contributed by atoms with Gasteiger partial charge in [-0.05, 0) is 54.0 Å². The molecule has 3 aromatic carbocycles. The minimum atomic E-state index is -1.12. The average molecular weight is 370 g/mol. The number of hydrogen-bond donors (Lipinski definition) is 1. The SMILES string of the molecule is CCc1ccc(N=Cc2ccccc2[CH2][Al]([CH3])[NH]c2ccc(C)cc2)cc1. The van der Waals surface area contributed by atoms with Crippen molar-refractivity contribution in [3.8, 4) is 0 Å². The van der Waals surface area contributed by atoms with Gasteiger partial charge in [-0.3, -0.25) is 4.99 Å². The molecule has 136 valence electrons. The summed E-state index contributed by atoms with van der Waals surface area (Å²) in [5.41, 5.74) is 7.44. The number of benzene rings is 3. The first-order chi connectivity index (χ1) is 13.1. The van der Waals surface area contributed by atoms with Crippen LogP contribution in [0, 0.1) is 6.92 Å². The molecule has 0 fully saturated rings. The van der Waals surface area contributed by atoms with Gasteiger partial charge in [0.25, 0.3) is 0 Å². The molecule has 0 radical (unpaired) electrons. The van der Waals surface area contributed by atoms with E-state index in [1.165, 1.54) is 27.9 Å². The number of rotatable bonds is 7. The number of anilines is 1. The Labute approximate surface area is 167 Å². The first kappa shape index (κ1) is 19.4.